The van der Waals surface area contributed by atoms with Crippen molar-refractivity contribution >= 4 is 49.7 Å². The molecule has 2 aromatic heterocycles. The summed E-state index contributed by atoms with van der Waals surface area (Å²) < 4.78 is 14.3. The quantitative estimate of drug-likeness (QED) is 0.327. The number of rotatable bonds is 4. The van der Waals surface area contributed by atoms with Crippen LogP contribution in [0.1, 0.15) is 47.6 Å². The van der Waals surface area contributed by atoms with Crippen molar-refractivity contribution in [2.24, 2.45) is 0 Å². The minimum atomic E-state index is -0.860. The Labute approximate surface area is 203 Å². The van der Waals surface area contributed by atoms with Crippen molar-refractivity contribution in [3.8, 4) is 0 Å². The van der Waals surface area contributed by atoms with Gasteiger partial charge >= 0.3 is 0 Å². The summed E-state index contributed by atoms with van der Waals surface area (Å²) >= 11 is 2.39. The Balaban J connectivity index is 1.67. The van der Waals surface area contributed by atoms with Crippen LogP contribution in [0.15, 0.2) is 71.3 Å². The average molecular weight is 493 g/mol. The van der Waals surface area contributed by atoms with E-state index in [4.69, 9.17) is 0 Å². The fourth-order valence-electron chi connectivity index (χ4n) is 4.05. The number of amides is 1. The van der Waals surface area contributed by atoms with E-state index in [1.54, 1.807) is 23.6 Å². The highest BCUT2D eigenvalue weighted by Gasteiger charge is 2.46. The summed E-state index contributed by atoms with van der Waals surface area (Å²) in [5, 5.41) is 12.9. The molecule has 0 bridgehead atoms. The molecule has 0 fully saturated rings. The summed E-state index contributed by atoms with van der Waals surface area (Å²) in [6.07, 6.45) is 0. The molecule has 4 aromatic rings. The molecule has 2 aromatic carbocycles. The highest BCUT2D eigenvalue weighted by Crippen LogP contribution is 2.44. The summed E-state index contributed by atoms with van der Waals surface area (Å²) in [7, 11) is 0. The molecule has 0 saturated carbocycles. The normalized spacial score (nSPS) is 16.6. The van der Waals surface area contributed by atoms with Gasteiger partial charge in [0.15, 0.2) is 10.9 Å². The monoisotopic (exact) mass is 492 g/mol. The topological polar surface area (TPSA) is 70.5 Å². The molecule has 0 saturated heterocycles. The molecule has 5 rings (SSSR count). The van der Waals surface area contributed by atoms with Crippen molar-refractivity contribution in [2.45, 2.75) is 32.2 Å². The molecule has 8 heteroatoms. The van der Waals surface area contributed by atoms with Gasteiger partial charge in [-0.3, -0.25) is 14.5 Å². The van der Waals surface area contributed by atoms with Crippen LogP contribution in [0.5, 0.6) is 0 Å². The van der Waals surface area contributed by atoms with Gasteiger partial charge in [-0.05, 0) is 46.2 Å². The number of aliphatic hydroxyl groups is 1. The van der Waals surface area contributed by atoms with Crippen LogP contribution in [0.4, 0.5) is 9.52 Å². The van der Waals surface area contributed by atoms with E-state index >= 15 is 0 Å². The van der Waals surface area contributed by atoms with E-state index in [1.807, 2.05) is 24.3 Å². The third-order valence-corrected chi connectivity index (χ3v) is 7.72. The predicted octanol–water partition coefficient (Wildman–Crippen LogP) is 6.58. The number of nitrogens with zero attached hydrogens (tertiary/aromatic N) is 2. The highest BCUT2D eigenvalue weighted by atomic mass is 32.1. The van der Waals surface area contributed by atoms with Crippen LogP contribution in [-0.4, -0.2) is 21.8 Å². The van der Waals surface area contributed by atoms with Gasteiger partial charge in [-0.2, -0.15) is 0 Å². The van der Waals surface area contributed by atoms with E-state index in [2.05, 4.69) is 25.8 Å². The summed E-state index contributed by atoms with van der Waals surface area (Å²) in [4.78, 5) is 33.0. The summed E-state index contributed by atoms with van der Waals surface area (Å²) in [6, 6.07) is 14.4. The predicted molar refractivity (Wildman–Crippen MR) is 133 cm³/mol. The molecule has 0 radical (unpaired) electrons. The smallest absolute Gasteiger partial charge is 0.296 e. The third kappa shape index (κ3) is 3.73. The number of benzene rings is 2. The fraction of sp³-hybridized carbons (Fsp3) is 0.192. The number of Topliss-reactive ketones (excluding diaryl/α,β-unsaturated/α-hetero) is 1. The van der Waals surface area contributed by atoms with Gasteiger partial charge in [0, 0.05) is 0 Å². The average Bonchev–Trinajstić information content (AvgIpc) is 3.52. The zero-order valence-corrected chi connectivity index (χ0v) is 20.3. The van der Waals surface area contributed by atoms with Gasteiger partial charge in [-0.15, -0.1) is 11.3 Å². The summed E-state index contributed by atoms with van der Waals surface area (Å²) in [5.41, 5.74) is 2.25. The maximum Gasteiger partial charge on any atom is 0.296 e. The van der Waals surface area contributed by atoms with E-state index in [1.165, 1.54) is 28.4 Å². The van der Waals surface area contributed by atoms with Gasteiger partial charge in [0.2, 0.25) is 5.78 Å². The number of thiazole rings is 1. The van der Waals surface area contributed by atoms with E-state index in [-0.39, 0.29) is 16.1 Å². The number of fused-ring (bicyclic) bond motifs is 1. The number of hydrogen-bond donors (Lipinski definition) is 1. The first-order valence-corrected chi connectivity index (χ1v) is 12.4. The van der Waals surface area contributed by atoms with Crippen LogP contribution >= 0.6 is 22.7 Å². The number of anilines is 1. The first kappa shape index (κ1) is 22.4. The molecule has 1 aliphatic heterocycles. The first-order valence-electron chi connectivity index (χ1n) is 10.7. The van der Waals surface area contributed by atoms with E-state index < -0.39 is 29.3 Å². The minimum absolute atomic E-state index is 0.0152. The molecule has 34 heavy (non-hydrogen) atoms. The van der Waals surface area contributed by atoms with E-state index in [0.29, 0.717) is 20.7 Å². The number of carbonyl (C=O) groups is 2. The molecule has 1 amide bonds. The Morgan fingerprint density at radius 3 is 2.50 bits per heavy atom. The van der Waals surface area contributed by atoms with Gasteiger partial charge in [0.25, 0.3) is 5.91 Å². The summed E-state index contributed by atoms with van der Waals surface area (Å²) in [5.74, 6) is -2.10. The Hall–Kier alpha value is -3.36. The van der Waals surface area contributed by atoms with Crippen molar-refractivity contribution in [3.05, 3.63) is 93.1 Å². The SMILES string of the molecule is CC(C)(C)c1ccc(C2C(C(=O)c3cccs3)=C(O)C(=O)N2c2nc3ccc(F)cc3s2)cc1. The van der Waals surface area contributed by atoms with Crippen LogP contribution in [0.3, 0.4) is 0 Å². The second kappa shape index (κ2) is 8.14. The van der Waals surface area contributed by atoms with Gasteiger partial charge in [-0.1, -0.05) is 62.4 Å². The number of carbonyl (C=O) groups excluding carboxylic acids is 2. The van der Waals surface area contributed by atoms with Crippen LogP contribution in [0, 0.1) is 5.82 Å². The first-order chi connectivity index (χ1) is 16.1. The van der Waals surface area contributed by atoms with Gasteiger partial charge in [-0.25, -0.2) is 9.37 Å². The lowest BCUT2D eigenvalue weighted by Gasteiger charge is -2.25. The largest absolute Gasteiger partial charge is 0.503 e. The number of aromatic nitrogens is 1. The van der Waals surface area contributed by atoms with Gasteiger partial charge in [0.05, 0.1) is 26.7 Å². The molecule has 172 valence electrons. The van der Waals surface area contributed by atoms with Gasteiger partial charge in [0.1, 0.15) is 5.82 Å². The Morgan fingerprint density at radius 2 is 1.85 bits per heavy atom. The van der Waals surface area contributed by atoms with Crippen LogP contribution in [0.25, 0.3) is 10.2 Å². The van der Waals surface area contributed by atoms with Crippen molar-refractivity contribution in [2.75, 3.05) is 4.90 Å². The molecular formula is C26H21FN2O3S2. The lowest BCUT2D eigenvalue weighted by atomic mass is 9.85. The van der Waals surface area contributed by atoms with Gasteiger partial charge < -0.3 is 5.11 Å². The minimum Gasteiger partial charge on any atom is -0.503 e. The van der Waals surface area contributed by atoms with Crippen LogP contribution in [0.2, 0.25) is 0 Å². The molecule has 1 aliphatic rings. The van der Waals surface area contributed by atoms with Crippen LogP contribution < -0.4 is 4.90 Å². The number of hydrogen-bond acceptors (Lipinski definition) is 6. The molecular weight excluding hydrogens is 471 g/mol. The summed E-state index contributed by atoms with van der Waals surface area (Å²) in [6.45, 7) is 6.31. The number of halogens is 1. The third-order valence-electron chi connectivity index (χ3n) is 5.84. The molecule has 1 unspecified atom stereocenters. The second-order valence-corrected chi connectivity index (χ2v) is 11.1. The maximum atomic E-state index is 13.8. The molecule has 0 aliphatic carbocycles. The van der Waals surface area contributed by atoms with Crippen LogP contribution in [-0.2, 0) is 10.2 Å². The Morgan fingerprint density at radius 1 is 1.12 bits per heavy atom. The fourth-order valence-corrected chi connectivity index (χ4v) is 5.74. The molecule has 0 spiro atoms. The number of aliphatic hydroxyl groups excluding tert-OH is 1. The number of ketones is 1. The Kier molecular flexibility index (Phi) is 5.37. The highest BCUT2D eigenvalue weighted by molar-refractivity contribution is 7.22. The van der Waals surface area contributed by atoms with Crippen molar-refractivity contribution < 1.29 is 19.1 Å². The zero-order valence-electron chi connectivity index (χ0n) is 18.7. The molecule has 1 atom stereocenters. The lowest BCUT2D eigenvalue weighted by Crippen LogP contribution is -2.31. The zero-order chi connectivity index (χ0) is 24.2. The standard InChI is InChI=1S/C26H21FN2O3S2/c1-26(2,3)15-8-6-14(7-9-15)21-20(22(30)18-5-4-12-33-18)23(31)24(32)29(21)25-28-17-11-10-16(27)13-19(17)34-25/h4-13,21,31H,1-3H3. The van der Waals surface area contributed by atoms with E-state index in [9.17, 15) is 19.1 Å². The maximum absolute atomic E-state index is 13.8. The Bertz CT molecular complexity index is 1450. The van der Waals surface area contributed by atoms with Crippen molar-refractivity contribution in [3.63, 3.8) is 0 Å². The number of thiophene rings is 1. The molecule has 1 N–H and O–H groups in total. The van der Waals surface area contributed by atoms with E-state index in [0.717, 1.165) is 16.9 Å². The molecule has 3 heterocycles. The van der Waals surface area contributed by atoms with Crippen molar-refractivity contribution in [1.82, 2.24) is 4.98 Å². The molecule has 5 nitrogen and oxygen atoms in total. The lowest BCUT2D eigenvalue weighted by molar-refractivity contribution is -0.117. The van der Waals surface area contributed by atoms with Crippen molar-refractivity contribution in [1.29, 1.82) is 0 Å². The second-order valence-electron chi connectivity index (χ2n) is 9.13.